The van der Waals surface area contributed by atoms with Gasteiger partial charge >= 0.3 is 0 Å². The van der Waals surface area contributed by atoms with Crippen LogP contribution in [-0.2, 0) is 4.79 Å². The minimum absolute atomic E-state index is 0.0705. The molecular weight excluding hydrogens is 300 g/mol. The summed E-state index contributed by atoms with van der Waals surface area (Å²) in [6.07, 6.45) is 0. The van der Waals surface area contributed by atoms with E-state index in [0.717, 1.165) is 28.2 Å². The summed E-state index contributed by atoms with van der Waals surface area (Å²) < 4.78 is 0. The lowest BCUT2D eigenvalue weighted by Crippen LogP contribution is -2.21. The second kappa shape index (κ2) is 6.27. The molecule has 5 nitrogen and oxygen atoms in total. The maximum absolute atomic E-state index is 12.3. The molecule has 0 saturated heterocycles. The van der Waals surface area contributed by atoms with Crippen molar-refractivity contribution in [2.24, 2.45) is 0 Å². The lowest BCUT2D eigenvalue weighted by Gasteiger charge is -2.12. The zero-order chi connectivity index (χ0) is 16.4. The van der Waals surface area contributed by atoms with E-state index in [1.54, 1.807) is 13.8 Å². The third-order valence-electron chi connectivity index (χ3n) is 3.40. The van der Waals surface area contributed by atoms with Gasteiger partial charge in [-0.2, -0.15) is 0 Å². The Balaban J connectivity index is 2.18. The molecule has 116 valence electrons. The van der Waals surface area contributed by atoms with Crippen LogP contribution in [0.4, 0.5) is 5.69 Å². The Morgan fingerprint density at radius 2 is 1.95 bits per heavy atom. The van der Waals surface area contributed by atoms with E-state index in [1.165, 1.54) is 0 Å². The number of hydrogen-bond acceptors (Lipinski definition) is 5. The number of aromatic nitrogens is 1. The lowest BCUT2D eigenvalue weighted by molar-refractivity contribution is -0.254. The number of nitrogens with one attached hydrogen (secondary N) is 1. The van der Waals surface area contributed by atoms with E-state index in [-0.39, 0.29) is 10.8 Å². The number of aromatic carboxylic acids is 1. The third-order valence-corrected chi connectivity index (χ3v) is 4.72. The number of carbonyl (C=O) groups excluding carboxylic acids is 2. The van der Waals surface area contributed by atoms with Crippen molar-refractivity contribution >= 4 is 28.9 Å². The van der Waals surface area contributed by atoms with Gasteiger partial charge in [0, 0.05) is 5.69 Å². The molecule has 0 unspecified atom stereocenters. The highest BCUT2D eigenvalue weighted by Crippen LogP contribution is 2.26. The molecule has 1 N–H and O–H groups in total. The molecule has 0 spiro atoms. The topological polar surface area (TPSA) is 82.1 Å². The Morgan fingerprint density at radius 3 is 2.50 bits per heavy atom. The van der Waals surface area contributed by atoms with Gasteiger partial charge in [0.1, 0.15) is 5.01 Å². The van der Waals surface area contributed by atoms with Crippen LogP contribution >= 0.6 is 11.3 Å². The highest BCUT2D eigenvalue weighted by atomic mass is 32.1. The van der Waals surface area contributed by atoms with E-state index in [2.05, 4.69) is 10.3 Å². The molecule has 2 rings (SSSR count). The average molecular weight is 317 g/mol. The van der Waals surface area contributed by atoms with Crippen LogP contribution in [0.1, 0.15) is 44.3 Å². The van der Waals surface area contributed by atoms with Crippen LogP contribution in [-0.4, -0.2) is 16.9 Å². The first kappa shape index (κ1) is 16.2. The number of carboxylic acids is 1. The molecular formula is C16H17N2O3S-. The van der Waals surface area contributed by atoms with Gasteiger partial charge in [0.25, 0.3) is 0 Å². The van der Waals surface area contributed by atoms with Crippen LogP contribution in [0.2, 0.25) is 0 Å². The normalized spacial score (nSPS) is 12.0. The number of anilines is 1. The zero-order valence-electron chi connectivity index (χ0n) is 12.9. The summed E-state index contributed by atoms with van der Waals surface area (Å²) in [7, 11) is 0. The predicted molar refractivity (Wildman–Crippen MR) is 84.1 cm³/mol. The molecule has 1 atom stereocenters. The first-order chi connectivity index (χ1) is 10.3. The fraction of sp³-hybridized carbons (Fsp3) is 0.312. The highest BCUT2D eigenvalue weighted by Gasteiger charge is 2.21. The monoisotopic (exact) mass is 317 g/mol. The van der Waals surface area contributed by atoms with Gasteiger partial charge in [-0.1, -0.05) is 17.7 Å². The van der Waals surface area contributed by atoms with Gasteiger partial charge in [-0.15, -0.1) is 11.3 Å². The molecule has 0 bridgehead atoms. The van der Waals surface area contributed by atoms with Crippen molar-refractivity contribution in [1.29, 1.82) is 0 Å². The standard InChI is InChI=1S/C16H18N2O3S/c1-8-5-6-12(9(2)7-8)18-14(19)10(3)15-17-11(4)13(22-15)16(20)21/h5-7,10H,1-4H3,(H,18,19)(H,20,21)/p-1/t10-/m1/s1. The summed E-state index contributed by atoms with van der Waals surface area (Å²) in [5.41, 5.74) is 3.23. The van der Waals surface area contributed by atoms with Crippen molar-refractivity contribution in [1.82, 2.24) is 4.98 Å². The van der Waals surface area contributed by atoms with Gasteiger partial charge in [-0.05, 0) is 39.3 Å². The third kappa shape index (κ3) is 3.33. The molecule has 22 heavy (non-hydrogen) atoms. The minimum Gasteiger partial charge on any atom is -0.544 e. The Kier molecular flexibility index (Phi) is 4.61. The summed E-state index contributed by atoms with van der Waals surface area (Å²) in [6.45, 7) is 7.21. The summed E-state index contributed by atoms with van der Waals surface area (Å²) >= 11 is 0.987. The Bertz CT molecular complexity index is 737. The number of carbonyl (C=O) groups is 2. The van der Waals surface area contributed by atoms with Crippen LogP contribution in [0.5, 0.6) is 0 Å². The second-order valence-electron chi connectivity index (χ2n) is 5.28. The number of thiazole rings is 1. The second-order valence-corrected chi connectivity index (χ2v) is 6.31. The summed E-state index contributed by atoms with van der Waals surface area (Å²) in [4.78, 5) is 27.5. The van der Waals surface area contributed by atoms with Crippen LogP contribution in [0, 0.1) is 20.8 Å². The van der Waals surface area contributed by atoms with Crippen molar-refractivity contribution in [2.75, 3.05) is 5.32 Å². The number of carboxylic acid groups (broad SMARTS) is 1. The quantitative estimate of drug-likeness (QED) is 0.937. The van der Waals surface area contributed by atoms with E-state index < -0.39 is 11.9 Å². The van der Waals surface area contributed by atoms with E-state index >= 15 is 0 Å². The number of benzene rings is 1. The van der Waals surface area contributed by atoms with Gasteiger partial charge in [-0.3, -0.25) is 4.79 Å². The van der Waals surface area contributed by atoms with Crippen LogP contribution in [0.15, 0.2) is 18.2 Å². The average Bonchev–Trinajstić information content (AvgIpc) is 2.83. The molecule has 0 fully saturated rings. The molecule has 1 amide bonds. The smallest absolute Gasteiger partial charge is 0.234 e. The molecule has 0 aliphatic carbocycles. The number of aryl methyl sites for hydroxylation is 3. The van der Waals surface area contributed by atoms with Crippen molar-refractivity contribution in [2.45, 2.75) is 33.6 Å². The maximum atomic E-state index is 12.3. The van der Waals surface area contributed by atoms with Crippen molar-refractivity contribution < 1.29 is 14.7 Å². The van der Waals surface area contributed by atoms with Crippen LogP contribution in [0.25, 0.3) is 0 Å². The molecule has 0 radical (unpaired) electrons. The van der Waals surface area contributed by atoms with Crippen LogP contribution < -0.4 is 10.4 Å². The summed E-state index contributed by atoms with van der Waals surface area (Å²) in [5, 5.41) is 14.3. The van der Waals surface area contributed by atoms with E-state index in [4.69, 9.17) is 0 Å². The van der Waals surface area contributed by atoms with Crippen LogP contribution in [0.3, 0.4) is 0 Å². The van der Waals surface area contributed by atoms with Gasteiger partial charge in [0.2, 0.25) is 5.91 Å². The van der Waals surface area contributed by atoms with Gasteiger partial charge in [-0.25, -0.2) is 4.98 Å². The van der Waals surface area contributed by atoms with E-state index in [9.17, 15) is 14.7 Å². The number of hydrogen-bond donors (Lipinski definition) is 1. The molecule has 6 heteroatoms. The number of rotatable bonds is 4. The Labute approximate surface area is 133 Å². The Morgan fingerprint density at radius 1 is 1.27 bits per heavy atom. The molecule has 0 aliphatic rings. The summed E-state index contributed by atoms with van der Waals surface area (Å²) in [5.74, 6) is -2.01. The lowest BCUT2D eigenvalue weighted by atomic mass is 10.1. The fourth-order valence-corrected chi connectivity index (χ4v) is 3.05. The predicted octanol–water partition coefficient (Wildman–Crippen LogP) is 2.17. The van der Waals surface area contributed by atoms with Crippen molar-refractivity contribution in [3.63, 3.8) is 0 Å². The molecule has 0 saturated carbocycles. The van der Waals surface area contributed by atoms with Crippen molar-refractivity contribution in [3.05, 3.63) is 44.9 Å². The Hall–Kier alpha value is -2.21. The van der Waals surface area contributed by atoms with E-state index in [1.807, 2.05) is 32.0 Å². The van der Waals surface area contributed by atoms with E-state index in [0.29, 0.717) is 10.7 Å². The molecule has 0 aliphatic heterocycles. The summed E-state index contributed by atoms with van der Waals surface area (Å²) in [6, 6.07) is 5.77. The molecule has 1 heterocycles. The zero-order valence-corrected chi connectivity index (χ0v) is 13.7. The minimum atomic E-state index is -1.26. The number of nitrogens with zero attached hydrogens (tertiary/aromatic N) is 1. The van der Waals surface area contributed by atoms with Crippen molar-refractivity contribution in [3.8, 4) is 0 Å². The molecule has 2 aromatic rings. The molecule has 1 aromatic heterocycles. The SMILES string of the molecule is Cc1ccc(NC(=O)[C@@H](C)c2nc(C)c(C(=O)[O-])s2)c(C)c1. The first-order valence-electron chi connectivity index (χ1n) is 6.86. The first-order valence-corrected chi connectivity index (χ1v) is 7.68. The number of amides is 1. The fourth-order valence-electron chi connectivity index (χ4n) is 2.10. The van der Waals surface area contributed by atoms with Gasteiger partial charge in [0.15, 0.2) is 0 Å². The molecule has 1 aromatic carbocycles. The highest BCUT2D eigenvalue weighted by molar-refractivity contribution is 7.13. The maximum Gasteiger partial charge on any atom is 0.234 e. The van der Waals surface area contributed by atoms with Gasteiger partial charge in [0.05, 0.1) is 22.5 Å². The largest absolute Gasteiger partial charge is 0.544 e. The van der Waals surface area contributed by atoms with Gasteiger partial charge < -0.3 is 15.2 Å².